The van der Waals surface area contributed by atoms with Gasteiger partial charge in [0.2, 0.25) is 17.6 Å². The van der Waals surface area contributed by atoms with E-state index < -0.39 is 12.1 Å². The summed E-state index contributed by atoms with van der Waals surface area (Å²) >= 11 is 0. The molecule has 210 valence electrons. The molecule has 1 aromatic heterocycles. The van der Waals surface area contributed by atoms with Crippen LogP contribution in [0.4, 0.5) is 5.69 Å². The van der Waals surface area contributed by atoms with Crippen LogP contribution in [-0.2, 0) is 14.3 Å². The molecule has 3 aliphatic rings. The number of aromatic nitrogens is 1. The number of Topliss-reactive ketones (excluding diaryl/α,β-unsaturated/α-hetero) is 1. The number of rotatable bonds is 6. The Kier molecular flexibility index (Phi) is 6.26. The Morgan fingerprint density at radius 2 is 1.57 bits per heavy atom. The van der Waals surface area contributed by atoms with Crippen molar-refractivity contribution in [1.29, 1.82) is 0 Å². The fourth-order valence-corrected chi connectivity index (χ4v) is 7.19. The minimum atomic E-state index is -0.985. The van der Waals surface area contributed by atoms with Crippen LogP contribution in [0.2, 0.25) is 0 Å². The summed E-state index contributed by atoms with van der Waals surface area (Å²) in [6.45, 7) is 3.51. The van der Waals surface area contributed by atoms with E-state index in [4.69, 9.17) is 9.72 Å². The molecule has 2 bridgehead atoms. The van der Waals surface area contributed by atoms with Crippen LogP contribution in [0.5, 0.6) is 0 Å². The zero-order valence-electron chi connectivity index (χ0n) is 23.4. The highest BCUT2D eigenvalue weighted by Crippen LogP contribution is 2.56. The van der Waals surface area contributed by atoms with Crippen molar-refractivity contribution in [2.75, 3.05) is 4.90 Å². The van der Waals surface area contributed by atoms with Crippen molar-refractivity contribution in [1.82, 2.24) is 4.98 Å². The first-order valence-corrected chi connectivity index (χ1v) is 14.5. The van der Waals surface area contributed by atoms with Gasteiger partial charge in [0.1, 0.15) is 0 Å². The molecule has 7 rings (SSSR count). The number of fused-ring (bicyclic) bond motifs is 6. The molecule has 0 radical (unpaired) electrons. The lowest BCUT2D eigenvalue weighted by atomic mass is 9.81. The van der Waals surface area contributed by atoms with Crippen LogP contribution in [0.15, 0.2) is 78.9 Å². The number of pyridine rings is 1. The fourth-order valence-electron chi connectivity index (χ4n) is 7.19. The monoisotopic (exact) mass is 558 g/mol. The molecule has 0 N–H and O–H groups in total. The fraction of sp³-hybridized carbons (Fsp3) is 0.286. The number of esters is 1. The van der Waals surface area contributed by atoms with Crippen LogP contribution >= 0.6 is 0 Å². The number of aryl methyl sites for hydroxylation is 1. The Morgan fingerprint density at radius 3 is 2.29 bits per heavy atom. The summed E-state index contributed by atoms with van der Waals surface area (Å²) in [4.78, 5) is 59.5. The topological polar surface area (TPSA) is 93.6 Å². The van der Waals surface area contributed by atoms with E-state index in [1.54, 1.807) is 49.4 Å². The van der Waals surface area contributed by atoms with E-state index in [0.29, 0.717) is 45.2 Å². The lowest BCUT2D eigenvalue weighted by Crippen LogP contribution is -2.32. The smallest absolute Gasteiger partial charge is 0.339 e. The number of ether oxygens (including phenoxy) is 1. The molecular weight excluding hydrogens is 528 g/mol. The summed E-state index contributed by atoms with van der Waals surface area (Å²) in [6.07, 6.45) is 2.04. The van der Waals surface area contributed by atoms with Crippen molar-refractivity contribution in [3.8, 4) is 11.3 Å². The predicted octanol–water partition coefficient (Wildman–Crippen LogP) is 6.17. The number of carbonyl (C=O) groups is 4. The van der Waals surface area contributed by atoms with Gasteiger partial charge >= 0.3 is 5.97 Å². The summed E-state index contributed by atoms with van der Waals surface area (Å²) < 4.78 is 5.67. The van der Waals surface area contributed by atoms with Gasteiger partial charge in [-0.1, -0.05) is 60.2 Å². The molecule has 1 aliphatic heterocycles. The molecule has 42 heavy (non-hydrogen) atoms. The summed E-state index contributed by atoms with van der Waals surface area (Å²) in [5.74, 6) is -0.912. The molecule has 2 amide bonds. The van der Waals surface area contributed by atoms with E-state index in [9.17, 15) is 19.2 Å². The SMILES string of the molecule is Cc1ccc(C(=O)[C@H](C)OC(=O)c2cc(-c3cccc(N4C(=O)[C@@H]5[C@H]6CC[C@@H](C6)[C@H]5C4=O)c3)nc3ccccc23)cc1. The Balaban J connectivity index is 1.20. The molecule has 5 atom stereocenters. The Hall–Kier alpha value is -4.65. The van der Waals surface area contributed by atoms with Crippen LogP contribution in [0.1, 0.15) is 52.5 Å². The normalized spacial score (nSPS) is 23.3. The van der Waals surface area contributed by atoms with E-state index in [0.717, 1.165) is 24.8 Å². The average molecular weight is 559 g/mol. The molecule has 2 aliphatic carbocycles. The minimum absolute atomic E-state index is 0.0997. The van der Waals surface area contributed by atoms with Gasteiger partial charge in [-0.05, 0) is 69.2 Å². The number of nitrogens with zero attached hydrogens (tertiary/aromatic N) is 2. The van der Waals surface area contributed by atoms with Crippen LogP contribution in [-0.4, -0.2) is 34.7 Å². The number of anilines is 1. The highest BCUT2D eigenvalue weighted by Gasteiger charge is 2.61. The van der Waals surface area contributed by atoms with Crippen LogP contribution < -0.4 is 4.90 Å². The standard InChI is InChI=1S/C35H30N2O5/c1-19-10-12-21(13-11-19)32(38)20(2)42-35(41)27-18-29(36-28-9-4-3-8-26(27)28)22-6-5-7-25(17-22)37-33(39)30-23-14-15-24(16-23)31(30)34(37)40/h3-13,17-18,20,23-24,30-31H,14-16H2,1-2H3/t20-,23-,24-,30+,31+/m0/s1. The number of imide groups is 1. The Labute approximate surface area is 243 Å². The van der Waals surface area contributed by atoms with Crippen molar-refractivity contribution in [2.24, 2.45) is 23.7 Å². The highest BCUT2D eigenvalue weighted by atomic mass is 16.5. The summed E-state index contributed by atoms with van der Waals surface area (Å²) in [5.41, 5.74) is 4.06. The minimum Gasteiger partial charge on any atom is -0.451 e. The zero-order valence-corrected chi connectivity index (χ0v) is 23.4. The quantitative estimate of drug-likeness (QED) is 0.160. The first-order chi connectivity index (χ1) is 20.3. The van der Waals surface area contributed by atoms with E-state index >= 15 is 0 Å². The van der Waals surface area contributed by atoms with E-state index in [2.05, 4.69) is 0 Å². The van der Waals surface area contributed by atoms with Gasteiger partial charge in [-0.15, -0.1) is 0 Å². The summed E-state index contributed by atoms with van der Waals surface area (Å²) in [5, 5.41) is 0.602. The largest absolute Gasteiger partial charge is 0.451 e. The van der Waals surface area contributed by atoms with Gasteiger partial charge in [-0.2, -0.15) is 0 Å². The van der Waals surface area contributed by atoms with Gasteiger partial charge in [0.05, 0.1) is 34.3 Å². The van der Waals surface area contributed by atoms with Crippen molar-refractivity contribution >= 4 is 40.2 Å². The van der Waals surface area contributed by atoms with Crippen molar-refractivity contribution in [2.45, 2.75) is 39.2 Å². The predicted molar refractivity (Wildman–Crippen MR) is 158 cm³/mol. The third-order valence-corrected chi connectivity index (χ3v) is 9.25. The summed E-state index contributed by atoms with van der Waals surface area (Å²) in [7, 11) is 0. The van der Waals surface area contributed by atoms with Gasteiger partial charge in [0.25, 0.3) is 0 Å². The molecule has 3 fully saturated rings. The Morgan fingerprint density at radius 1 is 0.881 bits per heavy atom. The molecule has 1 saturated heterocycles. The lowest BCUT2D eigenvalue weighted by Gasteiger charge is -2.19. The second kappa shape index (κ2) is 10.0. The number of carbonyl (C=O) groups excluding carboxylic acids is 4. The highest BCUT2D eigenvalue weighted by molar-refractivity contribution is 6.22. The maximum Gasteiger partial charge on any atom is 0.339 e. The Bertz CT molecular complexity index is 1750. The van der Waals surface area contributed by atoms with Crippen LogP contribution in [0, 0.1) is 30.6 Å². The van der Waals surface area contributed by atoms with Crippen molar-refractivity contribution < 1.29 is 23.9 Å². The van der Waals surface area contributed by atoms with Crippen LogP contribution in [0.3, 0.4) is 0 Å². The molecule has 7 heteroatoms. The van der Waals surface area contributed by atoms with Gasteiger partial charge in [0, 0.05) is 16.5 Å². The van der Waals surface area contributed by atoms with Crippen molar-refractivity contribution in [3.63, 3.8) is 0 Å². The van der Waals surface area contributed by atoms with Crippen LogP contribution in [0.25, 0.3) is 22.2 Å². The third-order valence-electron chi connectivity index (χ3n) is 9.25. The number of amides is 2. The van der Waals surface area contributed by atoms with E-state index in [-0.39, 0.29) is 35.0 Å². The second-order valence-corrected chi connectivity index (χ2v) is 11.8. The van der Waals surface area contributed by atoms with Gasteiger partial charge in [-0.25, -0.2) is 9.78 Å². The van der Waals surface area contributed by atoms with Gasteiger partial charge in [-0.3, -0.25) is 19.3 Å². The molecule has 7 nitrogen and oxygen atoms in total. The van der Waals surface area contributed by atoms with Crippen molar-refractivity contribution in [3.05, 3.63) is 95.6 Å². The molecular formula is C35H30N2O5. The second-order valence-electron chi connectivity index (χ2n) is 11.8. The van der Waals surface area contributed by atoms with Gasteiger partial charge < -0.3 is 4.74 Å². The maximum absolute atomic E-state index is 13.5. The third kappa shape index (κ3) is 4.23. The number of hydrogen-bond donors (Lipinski definition) is 0. The van der Waals surface area contributed by atoms with Gasteiger partial charge in [0.15, 0.2) is 6.10 Å². The van der Waals surface area contributed by atoms with E-state index in [1.807, 2.05) is 43.3 Å². The molecule has 0 spiro atoms. The average Bonchev–Trinajstić information content (AvgIpc) is 3.70. The number of benzene rings is 3. The number of para-hydroxylation sites is 1. The summed E-state index contributed by atoms with van der Waals surface area (Å²) in [6, 6.07) is 23.2. The maximum atomic E-state index is 13.5. The molecule has 2 heterocycles. The molecule has 0 unspecified atom stereocenters. The molecule has 2 saturated carbocycles. The number of hydrogen-bond acceptors (Lipinski definition) is 6. The molecule has 3 aromatic carbocycles. The first kappa shape index (κ1) is 26.3. The number of ketones is 1. The lowest BCUT2D eigenvalue weighted by molar-refractivity contribution is -0.123. The molecule has 4 aromatic rings. The zero-order chi connectivity index (χ0) is 29.1. The van der Waals surface area contributed by atoms with E-state index in [1.165, 1.54) is 4.90 Å². The first-order valence-electron chi connectivity index (χ1n) is 14.5.